The average Bonchev–Trinajstić information content (AvgIpc) is 3.28. The summed E-state index contributed by atoms with van der Waals surface area (Å²) in [5, 5.41) is 0.823. The number of carbonyl (C=O) groups is 1. The summed E-state index contributed by atoms with van der Waals surface area (Å²) in [5.41, 5.74) is 0.663. The fourth-order valence-corrected chi connectivity index (χ4v) is 6.59. The Morgan fingerprint density at radius 3 is 2.34 bits per heavy atom. The van der Waals surface area contributed by atoms with Crippen molar-refractivity contribution in [3.05, 3.63) is 34.7 Å². The van der Waals surface area contributed by atoms with Crippen LogP contribution in [0.3, 0.4) is 0 Å². The van der Waals surface area contributed by atoms with E-state index in [2.05, 4.69) is 9.97 Å². The number of fused-ring (bicyclic) bond motifs is 3. The normalized spacial score (nSPS) is 18.0. The van der Waals surface area contributed by atoms with Crippen LogP contribution in [0, 0.1) is 5.82 Å². The molecule has 2 aliphatic rings. The van der Waals surface area contributed by atoms with E-state index in [1.807, 2.05) is 44.4 Å². The van der Waals surface area contributed by atoms with Gasteiger partial charge in [0.15, 0.2) is 18.9 Å². The van der Waals surface area contributed by atoms with E-state index in [1.54, 1.807) is 18.3 Å². The van der Waals surface area contributed by atoms with Gasteiger partial charge in [-0.3, -0.25) is 9.88 Å². The summed E-state index contributed by atoms with van der Waals surface area (Å²) in [7, 11) is 4.49. The number of carbonyl (C=O) groups excluding carboxylic acids is 1. The number of halogens is 2. The Bertz CT molecular complexity index is 1590. The molecular weight excluding hydrogens is 633 g/mol. The molecule has 256 valence electrons. The maximum Gasteiger partial charge on any atom is 0.410 e. The predicted molar refractivity (Wildman–Crippen MR) is 175 cm³/mol. The number of hydrogen-bond acceptors (Lipinski definition) is 11. The topological polar surface area (TPSA) is 118 Å². The lowest BCUT2D eigenvalue weighted by Gasteiger charge is -2.42. The number of benzene rings is 1. The molecule has 0 radical (unpaired) electrons. The smallest absolute Gasteiger partial charge is 0.410 e. The number of aromatic nitrogens is 3. The standard InChI is InChI=1S/C33H43ClFN5O7/c1-18(2)26-22(11-21(12-24(26)34)46-17-42-6)28-27(35)29-23(13-36-28)30(38-31(37-29)45-16-25(43-7)44-8)39-14-19-9-10-20(15-39)40(19)32(41)47-33(3,4)5/h11-13,18-20,25H,9-10,14-17H2,1-8H3. The van der Waals surface area contributed by atoms with Crippen LogP contribution >= 0.6 is 11.6 Å². The van der Waals surface area contributed by atoms with Gasteiger partial charge in [-0.05, 0) is 57.2 Å². The lowest BCUT2D eigenvalue weighted by molar-refractivity contribution is -0.123. The van der Waals surface area contributed by atoms with Crippen molar-refractivity contribution in [2.75, 3.05) is 52.7 Å². The van der Waals surface area contributed by atoms with Crippen LogP contribution in [0.4, 0.5) is 15.0 Å². The van der Waals surface area contributed by atoms with Gasteiger partial charge in [0.2, 0.25) is 0 Å². The van der Waals surface area contributed by atoms with Gasteiger partial charge in [0.25, 0.3) is 0 Å². The molecule has 2 fully saturated rings. The Hall–Kier alpha value is -3.52. The maximum atomic E-state index is 16.8. The molecule has 2 unspecified atom stereocenters. The largest absolute Gasteiger partial charge is 0.467 e. The minimum absolute atomic E-state index is 0.00513. The molecule has 1 aromatic carbocycles. The first-order chi connectivity index (χ1) is 22.3. The Labute approximate surface area is 279 Å². The molecule has 5 rings (SSSR count). The van der Waals surface area contributed by atoms with Crippen molar-refractivity contribution in [2.45, 2.75) is 77.4 Å². The summed E-state index contributed by atoms with van der Waals surface area (Å²) in [6.07, 6.45) is 2.18. The second kappa shape index (κ2) is 14.3. The van der Waals surface area contributed by atoms with Gasteiger partial charge in [0, 0.05) is 51.2 Å². The zero-order chi connectivity index (χ0) is 34.0. The monoisotopic (exact) mass is 675 g/mol. The quantitative estimate of drug-likeness (QED) is 0.217. The molecule has 2 aromatic heterocycles. The molecule has 2 bridgehead atoms. The highest BCUT2D eigenvalue weighted by atomic mass is 35.5. The van der Waals surface area contributed by atoms with Crippen LogP contribution in [0.2, 0.25) is 5.02 Å². The van der Waals surface area contributed by atoms with Crippen LogP contribution in [0.1, 0.15) is 58.9 Å². The molecule has 14 heteroatoms. The molecule has 0 aliphatic carbocycles. The van der Waals surface area contributed by atoms with Gasteiger partial charge in [0.05, 0.1) is 17.5 Å². The van der Waals surface area contributed by atoms with Crippen molar-refractivity contribution in [3.63, 3.8) is 0 Å². The number of pyridine rings is 1. The first-order valence-corrected chi connectivity index (χ1v) is 16.0. The third-order valence-electron chi connectivity index (χ3n) is 8.18. The molecule has 12 nitrogen and oxygen atoms in total. The number of hydrogen-bond donors (Lipinski definition) is 0. The third-order valence-corrected chi connectivity index (χ3v) is 8.50. The van der Waals surface area contributed by atoms with Gasteiger partial charge in [-0.2, -0.15) is 9.97 Å². The SMILES string of the molecule is COCOc1cc(Cl)c(C(C)C)c(-c2ncc3c(N4CC5CCC(C4)N5C(=O)OC(C)(C)C)nc(OCC(OC)OC)nc3c2F)c1. The summed E-state index contributed by atoms with van der Waals surface area (Å²) in [6, 6.07) is 3.12. The highest BCUT2D eigenvalue weighted by Crippen LogP contribution is 2.41. The van der Waals surface area contributed by atoms with Gasteiger partial charge in [0.1, 0.15) is 35.0 Å². The highest BCUT2D eigenvalue weighted by molar-refractivity contribution is 6.32. The van der Waals surface area contributed by atoms with E-state index < -0.39 is 17.7 Å². The van der Waals surface area contributed by atoms with Crippen molar-refractivity contribution in [1.29, 1.82) is 0 Å². The van der Waals surface area contributed by atoms with E-state index in [0.29, 0.717) is 46.2 Å². The van der Waals surface area contributed by atoms with Crippen LogP contribution in [-0.2, 0) is 18.9 Å². The number of methoxy groups -OCH3 is 3. The summed E-state index contributed by atoms with van der Waals surface area (Å²) in [4.78, 5) is 30.8. The van der Waals surface area contributed by atoms with E-state index in [-0.39, 0.29) is 54.7 Å². The van der Waals surface area contributed by atoms with E-state index in [4.69, 9.17) is 45.0 Å². The van der Waals surface area contributed by atoms with Crippen molar-refractivity contribution < 1.29 is 37.6 Å². The van der Waals surface area contributed by atoms with E-state index in [1.165, 1.54) is 21.3 Å². The second-order valence-electron chi connectivity index (χ2n) is 13.0. The summed E-state index contributed by atoms with van der Waals surface area (Å²) >= 11 is 6.70. The molecule has 2 saturated heterocycles. The van der Waals surface area contributed by atoms with Crippen LogP contribution < -0.4 is 14.4 Å². The summed E-state index contributed by atoms with van der Waals surface area (Å²) in [5.74, 6) is 0.147. The second-order valence-corrected chi connectivity index (χ2v) is 13.4. The minimum atomic E-state index is -0.686. The maximum absolute atomic E-state index is 16.8. The van der Waals surface area contributed by atoms with E-state index >= 15 is 4.39 Å². The Morgan fingerprint density at radius 1 is 1.06 bits per heavy atom. The highest BCUT2D eigenvalue weighted by Gasteiger charge is 2.45. The minimum Gasteiger partial charge on any atom is -0.467 e. The van der Waals surface area contributed by atoms with Crippen LogP contribution in [0.15, 0.2) is 18.3 Å². The fraction of sp³-hybridized carbons (Fsp3) is 0.576. The number of amides is 1. The number of rotatable bonds is 11. The number of ether oxygens (including phenoxy) is 6. The van der Waals surface area contributed by atoms with E-state index in [9.17, 15) is 4.79 Å². The number of piperazine rings is 1. The summed E-state index contributed by atoms with van der Waals surface area (Å²) in [6.45, 7) is 10.4. The summed E-state index contributed by atoms with van der Waals surface area (Å²) < 4.78 is 49.7. The van der Waals surface area contributed by atoms with Crippen molar-refractivity contribution in [3.8, 4) is 23.0 Å². The molecule has 1 amide bonds. The third kappa shape index (κ3) is 7.48. The molecular formula is C33H43ClFN5O7. The van der Waals surface area contributed by atoms with Gasteiger partial charge in [-0.1, -0.05) is 25.4 Å². The molecule has 0 saturated carbocycles. The first-order valence-electron chi connectivity index (χ1n) is 15.6. The van der Waals surface area contributed by atoms with Crippen molar-refractivity contribution >= 4 is 34.4 Å². The van der Waals surface area contributed by atoms with Crippen LogP contribution in [-0.4, -0.2) is 97.7 Å². The number of anilines is 1. The van der Waals surface area contributed by atoms with Gasteiger partial charge in [-0.25, -0.2) is 9.18 Å². The van der Waals surface area contributed by atoms with Crippen molar-refractivity contribution in [1.82, 2.24) is 19.9 Å². The zero-order valence-electron chi connectivity index (χ0n) is 28.1. The van der Waals surface area contributed by atoms with E-state index in [0.717, 1.165) is 12.8 Å². The van der Waals surface area contributed by atoms with Crippen LogP contribution in [0.5, 0.6) is 11.8 Å². The predicted octanol–water partition coefficient (Wildman–Crippen LogP) is 6.18. The van der Waals surface area contributed by atoms with Crippen LogP contribution in [0.25, 0.3) is 22.2 Å². The lowest BCUT2D eigenvalue weighted by Crippen LogP contribution is -2.57. The molecule has 0 spiro atoms. The van der Waals surface area contributed by atoms with Gasteiger partial charge >= 0.3 is 12.1 Å². The fourth-order valence-electron chi connectivity index (χ4n) is 6.16. The Morgan fingerprint density at radius 2 is 1.74 bits per heavy atom. The molecule has 2 atom stereocenters. The molecule has 0 N–H and O–H groups in total. The first kappa shape index (κ1) is 34.8. The average molecular weight is 676 g/mol. The lowest BCUT2D eigenvalue weighted by atomic mass is 9.94. The Kier molecular flexibility index (Phi) is 10.6. The van der Waals surface area contributed by atoms with Gasteiger partial charge in [-0.15, -0.1) is 0 Å². The van der Waals surface area contributed by atoms with Crippen molar-refractivity contribution in [2.24, 2.45) is 0 Å². The number of nitrogens with zero attached hydrogens (tertiary/aromatic N) is 5. The Balaban J connectivity index is 1.60. The zero-order valence-corrected chi connectivity index (χ0v) is 28.9. The molecule has 2 aliphatic heterocycles. The van der Waals surface area contributed by atoms with Gasteiger partial charge < -0.3 is 33.3 Å². The molecule has 47 heavy (non-hydrogen) atoms. The molecule has 3 aromatic rings. The molecule has 4 heterocycles.